The summed E-state index contributed by atoms with van der Waals surface area (Å²) in [6, 6.07) is 9.20. The van der Waals surface area contributed by atoms with E-state index in [1.54, 1.807) is 40.7 Å². The number of ether oxygens (including phenoxy) is 1. The third kappa shape index (κ3) is 13.7. The molecule has 0 aliphatic heterocycles. The van der Waals surface area contributed by atoms with E-state index < -0.39 is 11.7 Å². The predicted molar refractivity (Wildman–Crippen MR) is 129 cm³/mol. The van der Waals surface area contributed by atoms with E-state index in [0.717, 1.165) is 16.7 Å². The van der Waals surface area contributed by atoms with Crippen LogP contribution in [0.3, 0.4) is 0 Å². The molecule has 0 heterocycles. The first kappa shape index (κ1) is 29.5. The molecule has 0 atom stereocenters. The summed E-state index contributed by atoms with van der Waals surface area (Å²) in [5.74, 6) is -1.25. The lowest BCUT2D eigenvalue weighted by Gasteiger charge is -2.19. The SMILES string of the molecule is Cc1cc(F)cc(CNC(=O)CN)c1.Cc1cc(F)cc(CNC(=O)CNC(=O)OC(C)(C)C)c1. The highest BCUT2D eigenvalue weighted by molar-refractivity contribution is 5.82. The molecule has 8 nitrogen and oxygen atoms in total. The van der Waals surface area contributed by atoms with Gasteiger partial charge < -0.3 is 26.4 Å². The average Bonchev–Trinajstić information content (AvgIpc) is 2.72. The third-order valence-electron chi connectivity index (χ3n) is 4.16. The van der Waals surface area contributed by atoms with Crippen molar-refractivity contribution in [3.63, 3.8) is 0 Å². The minimum Gasteiger partial charge on any atom is -0.444 e. The fraction of sp³-hybridized carbons (Fsp3) is 0.400. The second-order valence-corrected chi connectivity index (χ2v) is 8.89. The molecule has 3 amide bonds. The maximum atomic E-state index is 13.2. The number of halogens is 2. The van der Waals surface area contributed by atoms with Crippen LogP contribution in [-0.2, 0) is 27.4 Å². The van der Waals surface area contributed by atoms with Crippen LogP contribution >= 0.6 is 0 Å². The highest BCUT2D eigenvalue weighted by Gasteiger charge is 2.16. The molecule has 35 heavy (non-hydrogen) atoms. The van der Waals surface area contributed by atoms with Crippen LogP contribution in [0.1, 0.15) is 43.0 Å². The van der Waals surface area contributed by atoms with Gasteiger partial charge in [0, 0.05) is 13.1 Å². The van der Waals surface area contributed by atoms with E-state index >= 15 is 0 Å². The fourth-order valence-corrected chi connectivity index (χ4v) is 2.83. The van der Waals surface area contributed by atoms with Gasteiger partial charge in [0.2, 0.25) is 11.8 Å². The highest BCUT2D eigenvalue weighted by Crippen LogP contribution is 2.09. The molecule has 0 aliphatic carbocycles. The molecular formula is C25H34F2N4O4. The van der Waals surface area contributed by atoms with Gasteiger partial charge in [0.15, 0.2) is 0 Å². The Balaban J connectivity index is 0.000000379. The summed E-state index contributed by atoms with van der Waals surface area (Å²) in [5.41, 5.74) is 7.52. The van der Waals surface area contributed by atoms with Gasteiger partial charge in [0.05, 0.1) is 6.54 Å². The van der Waals surface area contributed by atoms with Crippen molar-refractivity contribution in [1.29, 1.82) is 0 Å². The minimum absolute atomic E-state index is 0.0473. The Morgan fingerprint density at radius 3 is 1.66 bits per heavy atom. The van der Waals surface area contributed by atoms with E-state index in [2.05, 4.69) is 16.0 Å². The maximum Gasteiger partial charge on any atom is 0.408 e. The number of hydrogen-bond acceptors (Lipinski definition) is 5. The molecule has 192 valence electrons. The van der Waals surface area contributed by atoms with E-state index in [1.165, 1.54) is 24.3 Å². The Morgan fingerprint density at radius 2 is 1.26 bits per heavy atom. The lowest BCUT2D eigenvalue weighted by molar-refractivity contribution is -0.121. The minimum atomic E-state index is -0.653. The number of carbonyl (C=O) groups excluding carboxylic acids is 3. The second-order valence-electron chi connectivity index (χ2n) is 8.89. The summed E-state index contributed by atoms with van der Waals surface area (Å²) >= 11 is 0. The molecule has 2 rings (SSSR count). The van der Waals surface area contributed by atoms with Gasteiger partial charge in [-0.2, -0.15) is 0 Å². The topological polar surface area (TPSA) is 123 Å². The first-order chi connectivity index (χ1) is 16.3. The van der Waals surface area contributed by atoms with Crippen LogP contribution < -0.4 is 21.7 Å². The van der Waals surface area contributed by atoms with Crippen molar-refractivity contribution in [2.75, 3.05) is 13.1 Å². The van der Waals surface area contributed by atoms with E-state index in [-0.39, 0.29) is 43.1 Å². The van der Waals surface area contributed by atoms with Crippen molar-refractivity contribution in [2.45, 2.75) is 53.3 Å². The molecule has 5 N–H and O–H groups in total. The van der Waals surface area contributed by atoms with Crippen LogP contribution in [0.15, 0.2) is 36.4 Å². The zero-order valence-electron chi connectivity index (χ0n) is 20.8. The van der Waals surface area contributed by atoms with Crippen LogP contribution in [0.4, 0.5) is 13.6 Å². The van der Waals surface area contributed by atoms with Gasteiger partial charge in [-0.25, -0.2) is 13.6 Å². The molecule has 0 aliphatic rings. The van der Waals surface area contributed by atoms with Gasteiger partial charge in [0.25, 0.3) is 0 Å². The van der Waals surface area contributed by atoms with Gasteiger partial charge in [-0.1, -0.05) is 12.1 Å². The highest BCUT2D eigenvalue weighted by atomic mass is 19.1. The van der Waals surface area contributed by atoms with Crippen molar-refractivity contribution in [1.82, 2.24) is 16.0 Å². The van der Waals surface area contributed by atoms with Crippen LogP contribution in [0.5, 0.6) is 0 Å². The van der Waals surface area contributed by atoms with Gasteiger partial charge in [-0.3, -0.25) is 9.59 Å². The van der Waals surface area contributed by atoms with Crippen molar-refractivity contribution in [2.24, 2.45) is 5.73 Å². The van der Waals surface area contributed by atoms with Crippen LogP contribution in [0.25, 0.3) is 0 Å². The fourth-order valence-electron chi connectivity index (χ4n) is 2.83. The Bertz CT molecular complexity index is 983. The molecule has 2 aromatic rings. The summed E-state index contributed by atoms with van der Waals surface area (Å²) in [6.07, 6.45) is -0.653. The number of rotatable bonds is 7. The van der Waals surface area contributed by atoms with Gasteiger partial charge >= 0.3 is 6.09 Å². The van der Waals surface area contributed by atoms with Crippen molar-refractivity contribution in [3.8, 4) is 0 Å². The summed E-state index contributed by atoms with van der Waals surface area (Å²) < 4.78 is 31.1. The summed E-state index contributed by atoms with van der Waals surface area (Å²) in [6.45, 7) is 9.06. The number of nitrogens with two attached hydrogens (primary N) is 1. The Labute approximate surface area is 204 Å². The molecule has 10 heteroatoms. The van der Waals surface area contributed by atoms with E-state index in [4.69, 9.17) is 10.5 Å². The molecule has 0 fully saturated rings. The number of alkyl carbamates (subject to hydrolysis) is 1. The van der Waals surface area contributed by atoms with Crippen molar-refractivity contribution in [3.05, 3.63) is 70.3 Å². The first-order valence-electron chi connectivity index (χ1n) is 11.0. The monoisotopic (exact) mass is 492 g/mol. The molecular weight excluding hydrogens is 458 g/mol. The zero-order chi connectivity index (χ0) is 26.6. The molecule has 0 spiro atoms. The first-order valence-corrected chi connectivity index (χ1v) is 11.0. The Morgan fingerprint density at radius 1 is 0.800 bits per heavy atom. The number of hydrogen-bond donors (Lipinski definition) is 4. The molecule has 0 unspecified atom stereocenters. The van der Waals surface area contributed by atoms with E-state index in [0.29, 0.717) is 12.1 Å². The lowest BCUT2D eigenvalue weighted by atomic mass is 10.1. The summed E-state index contributed by atoms with van der Waals surface area (Å²) in [5, 5.41) is 7.52. The third-order valence-corrected chi connectivity index (χ3v) is 4.16. The van der Waals surface area contributed by atoms with Crippen LogP contribution in [0.2, 0.25) is 0 Å². The molecule has 2 aromatic carbocycles. The van der Waals surface area contributed by atoms with Crippen molar-refractivity contribution >= 4 is 17.9 Å². The number of nitrogens with one attached hydrogen (secondary N) is 3. The van der Waals surface area contributed by atoms with Gasteiger partial charge in [0.1, 0.15) is 23.8 Å². The van der Waals surface area contributed by atoms with Crippen molar-refractivity contribution < 1.29 is 27.9 Å². The number of aryl methyl sites for hydroxylation is 2. The zero-order valence-corrected chi connectivity index (χ0v) is 20.8. The summed E-state index contributed by atoms with van der Waals surface area (Å²) in [4.78, 5) is 33.8. The van der Waals surface area contributed by atoms with E-state index in [1.807, 2.05) is 6.07 Å². The second kappa shape index (κ2) is 14.0. The number of benzene rings is 2. The standard InChI is InChI=1S/C15H21FN2O3.C10H13FN2O/c1-10-5-11(7-12(16)6-10)8-17-13(19)9-18-14(20)21-15(2,3)4;1-7-2-8(4-9(11)3-7)6-13-10(14)5-12/h5-7H,8-9H2,1-4H3,(H,17,19)(H,18,20);2-4H,5-6,12H2,1H3,(H,13,14). The summed E-state index contributed by atoms with van der Waals surface area (Å²) in [7, 11) is 0. The molecule has 0 saturated heterocycles. The maximum absolute atomic E-state index is 13.2. The number of carbonyl (C=O) groups is 3. The predicted octanol–water partition coefficient (Wildman–Crippen LogP) is 2.98. The normalized spacial score (nSPS) is 10.5. The largest absolute Gasteiger partial charge is 0.444 e. The molecule has 0 bridgehead atoms. The quantitative estimate of drug-likeness (QED) is 0.473. The molecule has 0 aromatic heterocycles. The van der Waals surface area contributed by atoms with Crippen LogP contribution in [-0.4, -0.2) is 36.6 Å². The number of amides is 3. The Hall–Kier alpha value is -3.53. The molecule has 0 saturated carbocycles. The van der Waals surface area contributed by atoms with E-state index in [9.17, 15) is 23.2 Å². The van der Waals surface area contributed by atoms with Gasteiger partial charge in [-0.15, -0.1) is 0 Å². The lowest BCUT2D eigenvalue weighted by Crippen LogP contribution is -2.39. The smallest absolute Gasteiger partial charge is 0.408 e. The average molecular weight is 493 g/mol. The van der Waals surface area contributed by atoms with Gasteiger partial charge in [-0.05, 0) is 81.1 Å². The molecule has 0 radical (unpaired) electrons. The van der Waals surface area contributed by atoms with Crippen LogP contribution in [0, 0.1) is 25.5 Å². The Kier molecular flexibility index (Phi) is 11.8.